The average Bonchev–Trinajstić information content (AvgIpc) is 3.32. The lowest BCUT2D eigenvalue weighted by molar-refractivity contribution is -0.171. The third-order valence-corrected chi connectivity index (χ3v) is 7.90. The van der Waals surface area contributed by atoms with Crippen LogP contribution in [0.1, 0.15) is 68.1 Å². The summed E-state index contributed by atoms with van der Waals surface area (Å²) in [4.78, 5) is 41.3. The molecule has 0 spiro atoms. The van der Waals surface area contributed by atoms with Crippen LogP contribution in [0.3, 0.4) is 0 Å². The maximum atomic E-state index is 13.5. The zero-order valence-electron chi connectivity index (χ0n) is 25.3. The smallest absolute Gasteiger partial charge is 0.409 e. The Morgan fingerprint density at radius 2 is 1.57 bits per heavy atom. The van der Waals surface area contributed by atoms with Gasteiger partial charge in [-0.25, -0.2) is 9.59 Å². The fraction of sp³-hybridized carbons (Fsp3) is 0.531. The minimum absolute atomic E-state index is 0.00877. The minimum Gasteiger partial charge on any atom is -0.476 e. The molecule has 40 heavy (non-hydrogen) atoms. The Labute approximate surface area is 242 Å². The summed E-state index contributed by atoms with van der Waals surface area (Å²) in [6, 6.07) is 11.8. The first-order valence-electron chi connectivity index (χ1n) is 13.7. The number of methoxy groups -OCH3 is 1. The Morgan fingerprint density at radius 1 is 0.975 bits per heavy atom. The number of nitrogens with zero attached hydrogens (tertiary/aromatic N) is 1. The highest BCUT2D eigenvalue weighted by molar-refractivity contribution is 7.98. The van der Waals surface area contributed by atoms with E-state index in [0.29, 0.717) is 24.4 Å². The van der Waals surface area contributed by atoms with Gasteiger partial charge in [-0.3, -0.25) is 4.79 Å². The van der Waals surface area contributed by atoms with Gasteiger partial charge >= 0.3 is 12.1 Å². The molecule has 0 saturated carbocycles. The maximum absolute atomic E-state index is 13.5. The van der Waals surface area contributed by atoms with E-state index in [1.165, 1.54) is 7.11 Å². The van der Waals surface area contributed by atoms with Crippen LogP contribution in [0.5, 0.6) is 5.75 Å². The standard InChI is InChI=1S/C32H43NO6S/c1-20-16-22(17-21(2)28(20)38-32(6,7)29(35)39-31(3,4)5)10-11-24-18-33(30(36)37-8)19-26(24)27(34)23-12-14-25(40-9)15-13-23/h12-17,24,26H,10-11,18-19H2,1-9H3/t24-,26?/m0/s1. The predicted molar refractivity (Wildman–Crippen MR) is 158 cm³/mol. The SMILES string of the molecule is COC(=O)N1CC(C(=O)c2ccc(SC)cc2)[C@@H](CCc2cc(C)c(OC(C)(C)C(=O)OC(C)(C)C)c(C)c2)C1. The van der Waals surface area contributed by atoms with Crippen LogP contribution < -0.4 is 4.74 Å². The van der Waals surface area contributed by atoms with Crippen LogP contribution >= 0.6 is 11.8 Å². The average molecular weight is 570 g/mol. The van der Waals surface area contributed by atoms with Crippen molar-refractivity contribution in [3.05, 3.63) is 58.7 Å². The van der Waals surface area contributed by atoms with Crippen LogP contribution in [-0.2, 0) is 20.7 Å². The summed E-state index contributed by atoms with van der Waals surface area (Å²) in [5.74, 6) is 0.0230. The summed E-state index contributed by atoms with van der Waals surface area (Å²) in [5.41, 5.74) is 1.89. The number of benzene rings is 2. The molecule has 2 aromatic carbocycles. The number of ether oxygens (including phenoxy) is 3. The molecule has 218 valence electrons. The number of likely N-dealkylation sites (tertiary alicyclic amines) is 1. The third kappa shape index (κ3) is 7.80. The van der Waals surface area contributed by atoms with Crippen molar-refractivity contribution < 1.29 is 28.6 Å². The van der Waals surface area contributed by atoms with Crippen molar-refractivity contribution in [2.24, 2.45) is 11.8 Å². The predicted octanol–water partition coefficient (Wildman–Crippen LogP) is 6.65. The quantitative estimate of drug-likeness (QED) is 0.190. The molecule has 0 N–H and O–H groups in total. The van der Waals surface area contributed by atoms with Crippen LogP contribution in [0.2, 0.25) is 0 Å². The van der Waals surface area contributed by atoms with E-state index in [9.17, 15) is 14.4 Å². The zero-order chi connectivity index (χ0) is 29.8. The van der Waals surface area contributed by atoms with E-state index in [-0.39, 0.29) is 17.6 Å². The fourth-order valence-electron chi connectivity index (χ4n) is 5.10. The van der Waals surface area contributed by atoms with Crippen molar-refractivity contribution in [3.63, 3.8) is 0 Å². The van der Waals surface area contributed by atoms with Gasteiger partial charge in [0.25, 0.3) is 0 Å². The molecule has 1 unspecified atom stereocenters. The van der Waals surface area contributed by atoms with Crippen LogP contribution in [-0.4, -0.2) is 60.4 Å². The highest BCUT2D eigenvalue weighted by Gasteiger charge is 2.40. The van der Waals surface area contributed by atoms with Gasteiger partial charge in [-0.05, 0) is 102 Å². The van der Waals surface area contributed by atoms with Gasteiger partial charge in [-0.2, -0.15) is 0 Å². The van der Waals surface area contributed by atoms with E-state index in [1.807, 2.05) is 65.1 Å². The number of hydrogen-bond donors (Lipinski definition) is 0. The molecule has 0 aromatic heterocycles. The van der Waals surface area contributed by atoms with Crippen molar-refractivity contribution in [2.45, 2.75) is 77.4 Å². The van der Waals surface area contributed by atoms with Gasteiger partial charge < -0.3 is 19.1 Å². The number of carbonyl (C=O) groups is 3. The second-order valence-electron chi connectivity index (χ2n) is 12.0. The van der Waals surface area contributed by atoms with E-state index in [1.54, 1.807) is 30.5 Å². The van der Waals surface area contributed by atoms with Crippen LogP contribution in [0.25, 0.3) is 0 Å². The second kappa shape index (κ2) is 12.7. The van der Waals surface area contributed by atoms with Gasteiger partial charge in [0.05, 0.1) is 7.11 Å². The molecule has 0 radical (unpaired) electrons. The first-order valence-corrected chi connectivity index (χ1v) is 14.9. The van der Waals surface area contributed by atoms with Gasteiger partial charge in [-0.1, -0.05) is 24.3 Å². The van der Waals surface area contributed by atoms with Crippen LogP contribution in [0, 0.1) is 25.7 Å². The van der Waals surface area contributed by atoms with E-state index >= 15 is 0 Å². The van der Waals surface area contributed by atoms with Crippen LogP contribution in [0.15, 0.2) is 41.3 Å². The van der Waals surface area contributed by atoms with Gasteiger partial charge in [0.15, 0.2) is 11.4 Å². The van der Waals surface area contributed by atoms with E-state index in [0.717, 1.165) is 34.4 Å². The molecule has 1 aliphatic rings. The Kier molecular flexibility index (Phi) is 9.99. The maximum Gasteiger partial charge on any atom is 0.409 e. The van der Waals surface area contributed by atoms with Gasteiger partial charge in [0.1, 0.15) is 11.4 Å². The Morgan fingerprint density at radius 3 is 2.10 bits per heavy atom. The summed E-state index contributed by atoms with van der Waals surface area (Å²) >= 11 is 1.63. The number of carbonyl (C=O) groups excluding carboxylic acids is 3. The monoisotopic (exact) mass is 569 g/mol. The molecule has 8 heteroatoms. The summed E-state index contributed by atoms with van der Waals surface area (Å²) in [6.45, 7) is 13.7. The highest BCUT2D eigenvalue weighted by atomic mass is 32.2. The van der Waals surface area contributed by atoms with Gasteiger partial charge in [0.2, 0.25) is 0 Å². The topological polar surface area (TPSA) is 82.1 Å². The molecule has 1 fully saturated rings. The molecule has 1 heterocycles. The molecule has 1 saturated heterocycles. The largest absolute Gasteiger partial charge is 0.476 e. The minimum atomic E-state index is -1.15. The van der Waals surface area contributed by atoms with Crippen LogP contribution in [0.4, 0.5) is 4.79 Å². The summed E-state index contributed by atoms with van der Waals surface area (Å²) in [5, 5.41) is 0. The van der Waals surface area contributed by atoms with Crippen molar-refractivity contribution in [2.75, 3.05) is 26.5 Å². The first kappa shape index (κ1) is 31.5. The van der Waals surface area contributed by atoms with Crippen molar-refractivity contribution >= 4 is 29.6 Å². The number of aryl methyl sites for hydroxylation is 3. The van der Waals surface area contributed by atoms with Crippen molar-refractivity contribution in [1.29, 1.82) is 0 Å². The first-order chi connectivity index (χ1) is 18.6. The Balaban J connectivity index is 1.75. The van der Waals surface area contributed by atoms with Gasteiger partial charge in [0, 0.05) is 29.5 Å². The molecule has 1 amide bonds. The van der Waals surface area contributed by atoms with Gasteiger partial charge in [-0.15, -0.1) is 11.8 Å². The summed E-state index contributed by atoms with van der Waals surface area (Å²) < 4.78 is 16.7. The third-order valence-electron chi connectivity index (χ3n) is 7.16. The molecule has 1 aliphatic heterocycles. The second-order valence-corrected chi connectivity index (χ2v) is 12.9. The number of esters is 1. The normalized spacial score (nSPS) is 17.5. The molecular weight excluding hydrogens is 526 g/mol. The van der Waals surface area contributed by atoms with E-state index < -0.39 is 23.3 Å². The number of thioether (sulfide) groups is 1. The Bertz CT molecular complexity index is 1210. The van der Waals surface area contributed by atoms with E-state index in [2.05, 4.69) is 12.1 Å². The molecule has 0 aliphatic carbocycles. The number of hydrogen-bond acceptors (Lipinski definition) is 7. The lowest BCUT2D eigenvalue weighted by Crippen LogP contribution is -2.43. The molecular formula is C32H43NO6S. The van der Waals surface area contributed by atoms with Crippen molar-refractivity contribution in [1.82, 2.24) is 4.90 Å². The molecule has 2 atom stereocenters. The Hall–Kier alpha value is -3.00. The lowest BCUT2D eigenvalue weighted by atomic mass is 9.84. The fourth-order valence-corrected chi connectivity index (χ4v) is 5.51. The van der Waals surface area contributed by atoms with Crippen molar-refractivity contribution in [3.8, 4) is 5.75 Å². The number of ketones is 1. The zero-order valence-corrected chi connectivity index (χ0v) is 26.1. The highest BCUT2D eigenvalue weighted by Crippen LogP contribution is 2.34. The summed E-state index contributed by atoms with van der Waals surface area (Å²) in [6.07, 6.45) is 3.09. The van der Waals surface area contributed by atoms with E-state index in [4.69, 9.17) is 14.2 Å². The molecule has 2 aromatic rings. The lowest BCUT2D eigenvalue weighted by Gasteiger charge is -2.30. The summed E-state index contributed by atoms with van der Waals surface area (Å²) in [7, 11) is 1.37. The number of amides is 1. The molecule has 3 rings (SSSR count). The number of Topliss-reactive ketones (excluding diaryl/α,β-unsaturated/α-hetero) is 1. The molecule has 7 nitrogen and oxygen atoms in total. The number of rotatable bonds is 9. The molecule has 0 bridgehead atoms.